The predicted octanol–water partition coefficient (Wildman–Crippen LogP) is 2.85. The van der Waals surface area contributed by atoms with Crippen LogP contribution in [0.4, 0.5) is 5.69 Å². The lowest BCUT2D eigenvalue weighted by Gasteiger charge is -2.15. The van der Waals surface area contributed by atoms with E-state index < -0.39 is 0 Å². The molecule has 140 valence electrons. The monoisotopic (exact) mass is 404 g/mol. The van der Waals surface area contributed by atoms with Gasteiger partial charge in [-0.1, -0.05) is 23.7 Å². The zero-order valence-corrected chi connectivity index (χ0v) is 15.8. The largest absolute Gasteiger partial charge is 0.463 e. The fraction of sp³-hybridized carbons (Fsp3) is 0.222. The number of amidine groups is 1. The van der Waals surface area contributed by atoms with Crippen LogP contribution in [0.25, 0.3) is 5.70 Å². The number of nitrogens with zero attached hydrogens (tertiary/aromatic N) is 1. The van der Waals surface area contributed by atoms with E-state index in [4.69, 9.17) is 26.6 Å². The lowest BCUT2D eigenvalue weighted by molar-refractivity contribution is 0.0499. The van der Waals surface area contributed by atoms with Crippen molar-refractivity contribution >= 4 is 46.3 Å². The fourth-order valence-electron chi connectivity index (χ4n) is 2.85. The second-order valence-electron chi connectivity index (χ2n) is 6.00. The number of hydrogen-bond donors (Lipinski definition) is 3. The molecule has 1 fully saturated rings. The number of hydrogen-bond acceptors (Lipinski definition) is 6. The molecule has 27 heavy (non-hydrogen) atoms. The number of ether oxygens (including phenoxy) is 1. The van der Waals surface area contributed by atoms with Crippen molar-refractivity contribution in [2.75, 3.05) is 24.6 Å². The molecule has 0 bridgehead atoms. The summed E-state index contributed by atoms with van der Waals surface area (Å²) in [6, 6.07) is 11.4. The van der Waals surface area contributed by atoms with Gasteiger partial charge in [-0.2, -0.15) is 0 Å². The average molecular weight is 405 g/mol. The van der Waals surface area contributed by atoms with E-state index in [9.17, 15) is 4.79 Å². The molecule has 1 saturated heterocycles. The zero-order chi connectivity index (χ0) is 18.8. The van der Waals surface area contributed by atoms with Crippen LogP contribution in [0.1, 0.15) is 15.2 Å². The number of anilines is 1. The molecule has 4 rings (SSSR count). The molecule has 3 N–H and O–H groups in total. The van der Waals surface area contributed by atoms with Gasteiger partial charge in [0, 0.05) is 5.69 Å². The van der Waals surface area contributed by atoms with Gasteiger partial charge in [0.15, 0.2) is 0 Å². The third-order valence-electron chi connectivity index (χ3n) is 4.22. The highest BCUT2D eigenvalue weighted by Gasteiger charge is 2.22. The van der Waals surface area contributed by atoms with Crippen molar-refractivity contribution in [2.24, 2.45) is 0 Å². The van der Waals surface area contributed by atoms with E-state index in [1.54, 1.807) is 12.1 Å². The van der Waals surface area contributed by atoms with Crippen molar-refractivity contribution in [2.45, 2.75) is 6.10 Å². The molecule has 2 aromatic rings. The third-order valence-corrected chi connectivity index (χ3v) is 5.45. The van der Waals surface area contributed by atoms with Crippen LogP contribution in [0.5, 0.6) is 0 Å². The van der Waals surface area contributed by atoms with Gasteiger partial charge in [0.05, 0.1) is 28.0 Å². The van der Waals surface area contributed by atoms with Crippen LogP contribution in [0.15, 0.2) is 42.5 Å². The Morgan fingerprint density at radius 2 is 2.15 bits per heavy atom. The van der Waals surface area contributed by atoms with Crippen LogP contribution in [0, 0.1) is 5.41 Å². The fourth-order valence-corrected chi connectivity index (χ4v) is 3.81. The highest BCUT2D eigenvalue weighted by atomic mass is 35.5. The number of carbonyl (C=O) groups is 1. The standard InChI is InChI=1S/C18H17ClN4O3S/c19-16-6-5-15(27-16)17(24)21-10-13-9-14(22-26-13)11-1-3-12(4-2-11)23-7-8-25-18(23)20/h1-6,9,13,20,22H,7-8,10H2,(H,21,24). The topological polar surface area (TPSA) is 86.7 Å². The van der Waals surface area contributed by atoms with Gasteiger partial charge in [-0.15, -0.1) is 11.3 Å². The number of amides is 1. The van der Waals surface area contributed by atoms with E-state index >= 15 is 0 Å². The van der Waals surface area contributed by atoms with Gasteiger partial charge in [0.2, 0.25) is 0 Å². The van der Waals surface area contributed by atoms with E-state index in [1.165, 1.54) is 11.3 Å². The van der Waals surface area contributed by atoms with Gasteiger partial charge in [0.1, 0.15) is 12.7 Å². The molecule has 1 unspecified atom stereocenters. The number of nitrogens with one attached hydrogen (secondary N) is 3. The normalized spacial score (nSPS) is 18.9. The maximum Gasteiger partial charge on any atom is 0.289 e. The molecule has 0 radical (unpaired) electrons. The SMILES string of the molecule is N=C1OCCN1c1ccc(C2=CC(CNC(=O)c3ccc(Cl)s3)ON2)cc1. The lowest BCUT2D eigenvalue weighted by Crippen LogP contribution is -2.31. The van der Waals surface area contributed by atoms with Crippen LogP contribution >= 0.6 is 22.9 Å². The van der Waals surface area contributed by atoms with Gasteiger partial charge in [-0.25, -0.2) is 0 Å². The third kappa shape index (κ3) is 3.92. The maximum absolute atomic E-state index is 12.1. The molecule has 3 heterocycles. The Labute approximate surface area is 165 Å². The van der Waals surface area contributed by atoms with Crippen LogP contribution in [0.2, 0.25) is 4.34 Å². The van der Waals surface area contributed by atoms with Crippen molar-refractivity contribution in [3.63, 3.8) is 0 Å². The van der Waals surface area contributed by atoms with Crippen LogP contribution in [0.3, 0.4) is 0 Å². The average Bonchev–Trinajstić information content (AvgIpc) is 3.41. The Hall–Kier alpha value is -2.55. The molecule has 2 aliphatic heterocycles. The van der Waals surface area contributed by atoms with Gasteiger partial charge in [-0.05, 0) is 35.9 Å². The van der Waals surface area contributed by atoms with Gasteiger partial charge >= 0.3 is 0 Å². The quantitative estimate of drug-likeness (QED) is 0.713. The highest BCUT2D eigenvalue weighted by Crippen LogP contribution is 2.24. The molecule has 2 aliphatic rings. The first-order valence-electron chi connectivity index (χ1n) is 8.36. The molecule has 1 aromatic carbocycles. The Kier molecular flexibility index (Phi) is 5.02. The van der Waals surface area contributed by atoms with Crippen LogP contribution in [-0.2, 0) is 9.57 Å². The number of rotatable bonds is 5. The van der Waals surface area contributed by atoms with E-state index in [0.717, 1.165) is 16.9 Å². The second kappa shape index (κ2) is 7.59. The number of hydroxylamine groups is 1. The molecule has 1 amide bonds. The molecular formula is C18H17ClN4O3S. The summed E-state index contributed by atoms with van der Waals surface area (Å²) >= 11 is 7.09. The predicted molar refractivity (Wildman–Crippen MR) is 105 cm³/mol. The number of carbonyl (C=O) groups excluding carboxylic acids is 1. The lowest BCUT2D eigenvalue weighted by atomic mass is 10.1. The molecule has 0 spiro atoms. The maximum atomic E-state index is 12.1. The highest BCUT2D eigenvalue weighted by molar-refractivity contribution is 7.17. The first-order chi connectivity index (χ1) is 13.1. The van der Waals surface area contributed by atoms with Crippen molar-refractivity contribution in [1.29, 1.82) is 5.41 Å². The number of thiophene rings is 1. The summed E-state index contributed by atoms with van der Waals surface area (Å²) in [5, 5.41) is 10.6. The molecule has 7 nitrogen and oxygen atoms in total. The Balaban J connectivity index is 1.36. The van der Waals surface area contributed by atoms with Crippen molar-refractivity contribution in [1.82, 2.24) is 10.8 Å². The summed E-state index contributed by atoms with van der Waals surface area (Å²) in [6.07, 6.45) is 1.66. The summed E-state index contributed by atoms with van der Waals surface area (Å²) in [6.45, 7) is 1.57. The van der Waals surface area contributed by atoms with Gasteiger partial charge in [-0.3, -0.25) is 25.4 Å². The van der Waals surface area contributed by atoms with Crippen molar-refractivity contribution < 1.29 is 14.4 Å². The summed E-state index contributed by atoms with van der Waals surface area (Å²) in [4.78, 5) is 20.0. The van der Waals surface area contributed by atoms with Gasteiger partial charge < -0.3 is 10.1 Å². The summed E-state index contributed by atoms with van der Waals surface area (Å²) in [5.74, 6) is -0.169. The molecule has 1 aromatic heterocycles. The number of halogens is 1. The molecule has 9 heteroatoms. The molecule has 1 atom stereocenters. The zero-order valence-electron chi connectivity index (χ0n) is 14.2. The number of benzene rings is 1. The summed E-state index contributed by atoms with van der Waals surface area (Å²) < 4.78 is 5.75. The molecule has 0 saturated carbocycles. The minimum atomic E-state index is -0.265. The van der Waals surface area contributed by atoms with Gasteiger partial charge in [0.25, 0.3) is 11.9 Å². The summed E-state index contributed by atoms with van der Waals surface area (Å²) in [5.41, 5.74) is 5.62. The van der Waals surface area contributed by atoms with Crippen LogP contribution in [-0.4, -0.2) is 37.7 Å². The van der Waals surface area contributed by atoms with E-state index in [1.807, 2.05) is 35.2 Å². The molecule has 0 aliphatic carbocycles. The van der Waals surface area contributed by atoms with E-state index in [0.29, 0.717) is 28.9 Å². The minimum Gasteiger partial charge on any atom is -0.463 e. The second-order valence-corrected chi connectivity index (χ2v) is 7.72. The smallest absolute Gasteiger partial charge is 0.289 e. The van der Waals surface area contributed by atoms with Crippen molar-refractivity contribution in [3.8, 4) is 0 Å². The first-order valence-corrected chi connectivity index (χ1v) is 9.56. The Bertz CT molecular complexity index is 896. The van der Waals surface area contributed by atoms with Crippen LogP contribution < -0.4 is 15.7 Å². The van der Waals surface area contributed by atoms with E-state index in [-0.39, 0.29) is 18.0 Å². The first kappa shape index (κ1) is 17.8. The Morgan fingerprint density at radius 1 is 1.33 bits per heavy atom. The van der Waals surface area contributed by atoms with E-state index in [2.05, 4.69) is 10.8 Å². The van der Waals surface area contributed by atoms with Crippen molar-refractivity contribution in [3.05, 3.63) is 57.3 Å². The Morgan fingerprint density at radius 3 is 2.81 bits per heavy atom. The minimum absolute atomic E-state index is 0.169. The molecular weight excluding hydrogens is 388 g/mol. The summed E-state index contributed by atoms with van der Waals surface area (Å²) in [7, 11) is 0.